The number of hydrazine groups is 1. The summed E-state index contributed by atoms with van der Waals surface area (Å²) in [5.41, 5.74) is 4.49. The number of anilines is 2. The minimum Gasteiger partial charge on any atom is -0.283 e. The molecule has 0 saturated carbocycles. The second-order valence-corrected chi connectivity index (χ2v) is 7.78. The van der Waals surface area contributed by atoms with Crippen LogP contribution in [0.2, 0.25) is 0 Å². The predicted molar refractivity (Wildman–Crippen MR) is 130 cm³/mol. The first kappa shape index (κ1) is 20.5. The molecule has 0 aliphatic carbocycles. The zero-order valence-electron chi connectivity index (χ0n) is 18.0. The summed E-state index contributed by atoms with van der Waals surface area (Å²) in [5, 5.41) is 3.35. The summed E-state index contributed by atoms with van der Waals surface area (Å²) < 4.78 is 0. The van der Waals surface area contributed by atoms with Crippen LogP contribution in [0.25, 0.3) is 5.70 Å². The number of carbonyl (C=O) groups is 2. The Kier molecular flexibility index (Phi) is 5.56. The third kappa shape index (κ3) is 3.94. The molecule has 0 fully saturated rings. The molecule has 1 amide bonds. The summed E-state index contributed by atoms with van der Waals surface area (Å²) in [6, 6.07) is 38.7. The number of hydrogen-bond donors (Lipinski definition) is 0. The molecule has 4 nitrogen and oxygen atoms in total. The van der Waals surface area contributed by atoms with Gasteiger partial charge in [0.2, 0.25) is 0 Å². The molecular formula is C29H22N2O2. The zero-order chi connectivity index (χ0) is 22.6. The van der Waals surface area contributed by atoms with Crippen LogP contribution in [-0.4, -0.2) is 16.7 Å². The molecule has 0 N–H and O–H groups in total. The first-order valence-electron chi connectivity index (χ1n) is 10.9. The highest BCUT2D eigenvalue weighted by molar-refractivity contribution is 6.49. The van der Waals surface area contributed by atoms with E-state index < -0.39 is 11.7 Å². The van der Waals surface area contributed by atoms with Crippen molar-refractivity contribution in [2.75, 3.05) is 5.01 Å². The van der Waals surface area contributed by atoms with Gasteiger partial charge in [-0.15, -0.1) is 0 Å². The third-order valence-corrected chi connectivity index (χ3v) is 5.63. The predicted octanol–water partition coefficient (Wildman–Crippen LogP) is 5.81. The number of benzene rings is 4. The Labute approximate surface area is 193 Å². The Morgan fingerprint density at radius 1 is 0.576 bits per heavy atom. The second kappa shape index (κ2) is 8.97. The van der Waals surface area contributed by atoms with E-state index in [4.69, 9.17) is 0 Å². The van der Waals surface area contributed by atoms with Crippen molar-refractivity contribution in [1.29, 1.82) is 0 Å². The molecule has 0 spiro atoms. The number of para-hydroxylation sites is 2. The number of Topliss-reactive ketones (excluding diaryl/α,β-unsaturated/α-hetero) is 1. The van der Waals surface area contributed by atoms with Crippen LogP contribution in [0.3, 0.4) is 0 Å². The SMILES string of the molecule is O=C1C(=O)N(N(c2ccccc2)c2ccccc2)C(c2ccccc2)=C1Cc1ccccc1. The largest absolute Gasteiger partial charge is 0.318 e. The number of hydrogen-bond acceptors (Lipinski definition) is 3. The molecule has 0 atom stereocenters. The minimum absolute atomic E-state index is 0.379. The van der Waals surface area contributed by atoms with E-state index in [-0.39, 0.29) is 0 Å². The molecule has 1 heterocycles. The van der Waals surface area contributed by atoms with Crippen molar-refractivity contribution < 1.29 is 9.59 Å². The fourth-order valence-corrected chi connectivity index (χ4v) is 4.13. The van der Waals surface area contributed by atoms with E-state index in [1.54, 1.807) is 0 Å². The van der Waals surface area contributed by atoms with Crippen molar-refractivity contribution in [3.05, 3.63) is 138 Å². The Balaban J connectivity index is 1.73. The average Bonchev–Trinajstić information content (AvgIpc) is 3.12. The quantitative estimate of drug-likeness (QED) is 0.363. The monoisotopic (exact) mass is 430 g/mol. The molecule has 33 heavy (non-hydrogen) atoms. The zero-order valence-corrected chi connectivity index (χ0v) is 18.0. The van der Waals surface area contributed by atoms with Gasteiger partial charge in [0, 0.05) is 17.6 Å². The third-order valence-electron chi connectivity index (χ3n) is 5.63. The van der Waals surface area contributed by atoms with Crippen LogP contribution in [0.4, 0.5) is 11.4 Å². The van der Waals surface area contributed by atoms with E-state index in [9.17, 15) is 9.59 Å². The van der Waals surface area contributed by atoms with Crippen LogP contribution in [0.5, 0.6) is 0 Å². The van der Waals surface area contributed by atoms with Gasteiger partial charge in [-0.3, -0.25) is 9.59 Å². The van der Waals surface area contributed by atoms with Crippen molar-refractivity contribution in [2.45, 2.75) is 6.42 Å². The average molecular weight is 431 g/mol. The van der Waals surface area contributed by atoms with Gasteiger partial charge < -0.3 is 0 Å². The van der Waals surface area contributed by atoms with Gasteiger partial charge in [-0.1, -0.05) is 97.1 Å². The lowest BCUT2D eigenvalue weighted by Gasteiger charge is -2.35. The van der Waals surface area contributed by atoms with Gasteiger partial charge in [0.1, 0.15) is 0 Å². The second-order valence-electron chi connectivity index (χ2n) is 7.78. The molecule has 0 bridgehead atoms. The summed E-state index contributed by atoms with van der Waals surface area (Å²) in [6.07, 6.45) is 0.379. The summed E-state index contributed by atoms with van der Waals surface area (Å²) in [4.78, 5) is 27.0. The molecule has 5 rings (SSSR count). The first-order chi connectivity index (χ1) is 16.2. The standard InChI is InChI=1S/C29H22N2O2/c32-28-26(21-22-13-5-1-6-14-22)27(23-15-7-2-8-16-23)31(29(28)33)30(24-17-9-3-10-18-24)25-19-11-4-12-20-25/h1-20H,21H2. The first-order valence-corrected chi connectivity index (χ1v) is 10.9. The number of amides is 1. The smallest absolute Gasteiger partial charge is 0.283 e. The normalized spacial score (nSPS) is 13.5. The number of nitrogens with zero attached hydrogens (tertiary/aromatic N) is 2. The topological polar surface area (TPSA) is 40.6 Å². The van der Waals surface area contributed by atoms with Gasteiger partial charge in [-0.2, -0.15) is 0 Å². The van der Waals surface area contributed by atoms with Crippen LogP contribution >= 0.6 is 0 Å². The minimum atomic E-state index is -0.563. The Morgan fingerprint density at radius 3 is 1.55 bits per heavy atom. The van der Waals surface area contributed by atoms with Crippen molar-refractivity contribution in [2.24, 2.45) is 0 Å². The lowest BCUT2D eigenvalue weighted by atomic mass is 9.99. The van der Waals surface area contributed by atoms with Crippen LogP contribution in [0.1, 0.15) is 11.1 Å². The van der Waals surface area contributed by atoms with E-state index in [0.29, 0.717) is 17.7 Å². The molecule has 0 aromatic heterocycles. The fourth-order valence-electron chi connectivity index (χ4n) is 4.13. The van der Waals surface area contributed by atoms with Crippen molar-refractivity contribution in [3.8, 4) is 0 Å². The molecule has 160 valence electrons. The molecule has 1 aliphatic heterocycles. The molecule has 4 heteroatoms. The number of carbonyl (C=O) groups excluding carboxylic acids is 2. The lowest BCUT2D eigenvalue weighted by molar-refractivity contribution is -0.139. The number of ketones is 1. The maximum Gasteiger partial charge on any atom is 0.318 e. The lowest BCUT2D eigenvalue weighted by Crippen LogP contribution is -2.41. The highest BCUT2D eigenvalue weighted by atomic mass is 16.2. The molecule has 0 radical (unpaired) electrons. The molecule has 0 unspecified atom stereocenters. The Morgan fingerprint density at radius 2 is 1.03 bits per heavy atom. The van der Waals surface area contributed by atoms with E-state index in [1.165, 1.54) is 5.01 Å². The number of rotatable bonds is 6. The van der Waals surface area contributed by atoms with Crippen molar-refractivity contribution in [3.63, 3.8) is 0 Å². The van der Waals surface area contributed by atoms with Gasteiger partial charge in [-0.25, -0.2) is 10.0 Å². The Hall–Kier alpha value is -4.44. The van der Waals surface area contributed by atoms with Gasteiger partial charge in [0.15, 0.2) is 0 Å². The van der Waals surface area contributed by atoms with Gasteiger partial charge in [0.05, 0.1) is 17.1 Å². The molecular weight excluding hydrogens is 408 g/mol. The Bertz CT molecular complexity index is 1260. The van der Waals surface area contributed by atoms with Gasteiger partial charge in [0.25, 0.3) is 5.78 Å². The highest BCUT2D eigenvalue weighted by Crippen LogP contribution is 2.39. The summed E-state index contributed by atoms with van der Waals surface area (Å²) in [5.74, 6) is -1.04. The summed E-state index contributed by atoms with van der Waals surface area (Å²) in [6.45, 7) is 0. The molecule has 4 aromatic rings. The fraction of sp³-hybridized carbons (Fsp3) is 0.0345. The summed E-state index contributed by atoms with van der Waals surface area (Å²) in [7, 11) is 0. The molecule has 0 saturated heterocycles. The molecule has 4 aromatic carbocycles. The van der Waals surface area contributed by atoms with Crippen LogP contribution in [0.15, 0.2) is 127 Å². The van der Waals surface area contributed by atoms with Gasteiger partial charge >= 0.3 is 5.91 Å². The van der Waals surface area contributed by atoms with Crippen LogP contribution in [-0.2, 0) is 16.0 Å². The molecule has 1 aliphatic rings. The maximum atomic E-state index is 13.6. The highest BCUT2D eigenvalue weighted by Gasteiger charge is 2.42. The maximum absolute atomic E-state index is 13.6. The van der Waals surface area contributed by atoms with Crippen molar-refractivity contribution in [1.82, 2.24) is 5.01 Å². The van der Waals surface area contributed by atoms with E-state index in [2.05, 4.69) is 0 Å². The summed E-state index contributed by atoms with van der Waals surface area (Å²) >= 11 is 0. The van der Waals surface area contributed by atoms with Gasteiger partial charge in [-0.05, 0) is 29.8 Å². The van der Waals surface area contributed by atoms with E-state index >= 15 is 0 Å². The van der Waals surface area contributed by atoms with Crippen molar-refractivity contribution >= 4 is 28.8 Å². The van der Waals surface area contributed by atoms with E-state index in [0.717, 1.165) is 22.5 Å². The van der Waals surface area contributed by atoms with Crippen LogP contribution < -0.4 is 5.01 Å². The van der Waals surface area contributed by atoms with Crippen LogP contribution in [0, 0.1) is 0 Å². The van der Waals surface area contributed by atoms with E-state index in [1.807, 2.05) is 126 Å².